The average molecular weight is 439 g/mol. The highest BCUT2D eigenvalue weighted by molar-refractivity contribution is 6.33. The van der Waals surface area contributed by atoms with Gasteiger partial charge in [0.25, 0.3) is 0 Å². The molecule has 6 nitrogen and oxygen atoms in total. The largest absolute Gasteiger partial charge is 0.344 e. The molecule has 0 spiro atoms. The minimum absolute atomic E-state index is 0.0168. The number of imidazole rings is 1. The molecule has 0 aliphatic carbocycles. The number of nitrogens with zero attached hydrogens (tertiary/aromatic N) is 4. The minimum Gasteiger partial charge on any atom is -0.344 e. The van der Waals surface area contributed by atoms with Crippen LogP contribution >= 0.6 is 11.6 Å². The van der Waals surface area contributed by atoms with Crippen molar-refractivity contribution in [3.05, 3.63) is 59.4 Å². The van der Waals surface area contributed by atoms with Gasteiger partial charge >= 0.3 is 0 Å². The Hall–Kier alpha value is -2.86. The number of benzene rings is 2. The van der Waals surface area contributed by atoms with Crippen molar-refractivity contribution in [3.8, 4) is 0 Å². The first-order valence-corrected chi connectivity index (χ1v) is 11.1. The molecular formula is C24H27ClN4O2. The Bertz CT molecular complexity index is 1110. The summed E-state index contributed by atoms with van der Waals surface area (Å²) in [5.41, 5.74) is 2.47. The summed E-state index contributed by atoms with van der Waals surface area (Å²) in [6.45, 7) is 3.56. The lowest BCUT2D eigenvalue weighted by molar-refractivity contribution is -0.130. The molecule has 1 saturated heterocycles. The van der Waals surface area contributed by atoms with Crippen LogP contribution in [0.5, 0.6) is 0 Å². The quantitative estimate of drug-likeness (QED) is 0.546. The number of para-hydroxylation sites is 3. The van der Waals surface area contributed by atoms with Gasteiger partial charge in [-0.15, -0.1) is 0 Å². The maximum Gasteiger partial charge on any atom is 0.242 e. The lowest BCUT2D eigenvalue weighted by atomic mass is 10.1. The predicted molar refractivity (Wildman–Crippen MR) is 123 cm³/mol. The number of fused-ring (bicyclic) bond motifs is 1. The second-order valence-corrected chi connectivity index (χ2v) is 8.48. The summed E-state index contributed by atoms with van der Waals surface area (Å²) in [6, 6.07) is 15.2. The summed E-state index contributed by atoms with van der Waals surface area (Å²) < 4.78 is 1.98. The third kappa shape index (κ3) is 4.30. The third-order valence-corrected chi connectivity index (χ3v) is 6.20. The highest BCUT2D eigenvalue weighted by atomic mass is 35.5. The lowest BCUT2D eigenvalue weighted by Gasteiger charge is -2.20. The molecule has 0 N–H and O–H groups in total. The molecule has 2 heterocycles. The van der Waals surface area contributed by atoms with Gasteiger partial charge in [-0.25, -0.2) is 4.98 Å². The van der Waals surface area contributed by atoms with Crippen LogP contribution in [0.2, 0.25) is 5.02 Å². The van der Waals surface area contributed by atoms with Crippen molar-refractivity contribution in [2.45, 2.75) is 38.6 Å². The Morgan fingerprint density at radius 3 is 2.71 bits per heavy atom. The monoisotopic (exact) mass is 438 g/mol. The van der Waals surface area contributed by atoms with Crippen molar-refractivity contribution >= 4 is 40.1 Å². The summed E-state index contributed by atoms with van der Waals surface area (Å²) in [6.07, 6.45) is 2.36. The van der Waals surface area contributed by atoms with E-state index in [4.69, 9.17) is 16.6 Å². The number of carbonyl (C=O) groups excluding carboxylic acids is 2. The van der Waals surface area contributed by atoms with Gasteiger partial charge in [0.1, 0.15) is 12.4 Å². The van der Waals surface area contributed by atoms with Crippen LogP contribution < -0.4 is 4.90 Å². The van der Waals surface area contributed by atoms with Crippen LogP contribution in [0, 0.1) is 0 Å². The van der Waals surface area contributed by atoms with Crippen molar-refractivity contribution in [2.24, 2.45) is 0 Å². The second-order valence-electron chi connectivity index (χ2n) is 8.07. The van der Waals surface area contributed by atoms with E-state index in [1.807, 2.05) is 54.1 Å². The number of amides is 2. The standard InChI is InChI=1S/C24H27ClN4O2/c1-3-4-13-27(2)23(31)16-29-21-12-8-6-10-19(21)26-24(29)17-14-22(30)28(15-17)20-11-7-5-9-18(20)25/h5-12,17H,3-4,13-16H2,1-2H3. The number of aromatic nitrogens is 2. The topological polar surface area (TPSA) is 58.4 Å². The van der Waals surface area contributed by atoms with E-state index in [2.05, 4.69) is 6.92 Å². The van der Waals surface area contributed by atoms with Crippen LogP contribution in [0.15, 0.2) is 48.5 Å². The van der Waals surface area contributed by atoms with Crippen LogP contribution in [0.4, 0.5) is 5.69 Å². The fraction of sp³-hybridized carbons (Fsp3) is 0.375. The Balaban J connectivity index is 1.65. The van der Waals surface area contributed by atoms with E-state index < -0.39 is 0 Å². The molecule has 2 amide bonds. The molecule has 0 radical (unpaired) electrons. The molecule has 1 atom stereocenters. The van der Waals surface area contributed by atoms with Crippen LogP contribution in [-0.2, 0) is 16.1 Å². The number of likely N-dealkylation sites (N-methyl/N-ethyl adjacent to an activating group) is 1. The maximum absolute atomic E-state index is 12.9. The van der Waals surface area contributed by atoms with Gasteiger partial charge < -0.3 is 14.4 Å². The van der Waals surface area contributed by atoms with Gasteiger partial charge in [0, 0.05) is 32.5 Å². The smallest absolute Gasteiger partial charge is 0.242 e. The zero-order valence-corrected chi connectivity index (χ0v) is 18.7. The first kappa shape index (κ1) is 21.4. The van der Waals surface area contributed by atoms with E-state index in [0.29, 0.717) is 18.0 Å². The number of hydrogen-bond donors (Lipinski definition) is 0. The zero-order chi connectivity index (χ0) is 22.0. The Morgan fingerprint density at radius 1 is 1.19 bits per heavy atom. The van der Waals surface area contributed by atoms with Crippen LogP contribution in [0.25, 0.3) is 11.0 Å². The third-order valence-electron chi connectivity index (χ3n) is 5.88. The van der Waals surface area contributed by atoms with Gasteiger partial charge in [-0.2, -0.15) is 0 Å². The number of anilines is 1. The van der Waals surface area contributed by atoms with Crippen LogP contribution in [0.1, 0.15) is 37.9 Å². The number of rotatable bonds is 7. The summed E-state index contributed by atoms with van der Waals surface area (Å²) >= 11 is 6.34. The summed E-state index contributed by atoms with van der Waals surface area (Å²) in [4.78, 5) is 34.1. The number of carbonyl (C=O) groups is 2. The van der Waals surface area contributed by atoms with E-state index in [0.717, 1.165) is 41.9 Å². The summed E-state index contributed by atoms with van der Waals surface area (Å²) in [7, 11) is 1.84. The van der Waals surface area contributed by atoms with E-state index in [-0.39, 0.29) is 24.3 Å². The summed E-state index contributed by atoms with van der Waals surface area (Å²) in [5.74, 6) is 0.736. The zero-order valence-electron chi connectivity index (χ0n) is 17.9. The van der Waals surface area contributed by atoms with Gasteiger partial charge in [0.15, 0.2) is 0 Å². The molecule has 7 heteroatoms. The molecule has 4 rings (SSSR count). The maximum atomic E-state index is 12.9. The van der Waals surface area contributed by atoms with Gasteiger partial charge in [-0.3, -0.25) is 9.59 Å². The fourth-order valence-corrected chi connectivity index (χ4v) is 4.37. The molecule has 1 aromatic heterocycles. The summed E-state index contributed by atoms with van der Waals surface area (Å²) in [5, 5.41) is 0.553. The molecule has 2 aromatic carbocycles. The van der Waals surface area contributed by atoms with Gasteiger partial charge in [-0.1, -0.05) is 49.2 Å². The second kappa shape index (κ2) is 9.10. The molecule has 31 heavy (non-hydrogen) atoms. The lowest BCUT2D eigenvalue weighted by Crippen LogP contribution is -2.32. The van der Waals surface area contributed by atoms with Gasteiger partial charge in [0.05, 0.1) is 21.7 Å². The van der Waals surface area contributed by atoms with Crippen molar-refractivity contribution in [1.82, 2.24) is 14.5 Å². The Morgan fingerprint density at radius 2 is 1.94 bits per heavy atom. The first-order chi connectivity index (χ1) is 15.0. The Labute approximate surface area is 187 Å². The van der Waals surface area contributed by atoms with Crippen molar-refractivity contribution < 1.29 is 9.59 Å². The van der Waals surface area contributed by atoms with E-state index in [9.17, 15) is 9.59 Å². The highest BCUT2D eigenvalue weighted by Gasteiger charge is 2.35. The molecule has 1 aliphatic rings. The fourth-order valence-electron chi connectivity index (χ4n) is 4.13. The van der Waals surface area contributed by atoms with E-state index in [1.165, 1.54) is 0 Å². The molecule has 1 fully saturated rings. The van der Waals surface area contributed by atoms with Gasteiger partial charge in [-0.05, 0) is 30.7 Å². The van der Waals surface area contributed by atoms with E-state index >= 15 is 0 Å². The SMILES string of the molecule is CCCCN(C)C(=O)Cn1c(C2CC(=O)N(c3ccccc3Cl)C2)nc2ccccc21. The van der Waals surface area contributed by atoms with Gasteiger partial charge in [0.2, 0.25) is 11.8 Å². The van der Waals surface area contributed by atoms with Crippen molar-refractivity contribution in [1.29, 1.82) is 0 Å². The number of halogens is 1. The number of hydrogen-bond acceptors (Lipinski definition) is 3. The van der Waals surface area contributed by atoms with Crippen molar-refractivity contribution in [2.75, 3.05) is 25.0 Å². The van der Waals surface area contributed by atoms with E-state index in [1.54, 1.807) is 15.9 Å². The van der Waals surface area contributed by atoms with Crippen LogP contribution in [-0.4, -0.2) is 46.4 Å². The molecule has 0 bridgehead atoms. The minimum atomic E-state index is -0.107. The highest BCUT2D eigenvalue weighted by Crippen LogP contribution is 2.36. The predicted octanol–water partition coefficient (Wildman–Crippen LogP) is 4.47. The normalized spacial score (nSPS) is 16.3. The molecule has 162 valence electrons. The molecule has 1 unspecified atom stereocenters. The molecule has 3 aromatic rings. The first-order valence-electron chi connectivity index (χ1n) is 10.7. The Kier molecular flexibility index (Phi) is 6.28. The molecule has 1 aliphatic heterocycles. The molecule has 0 saturated carbocycles. The average Bonchev–Trinajstić information content (AvgIpc) is 3.33. The van der Waals surface area contributed by atoms with Crippen molar-refractivity contribution in [3.63, 3.8) is 0 Å². The number of unbranched alkanes of at least 4 members (excludes halogenated alkanes) is 1. The van der Waals surface area contributed by atoms with Crippen LogP contribution in [0.3, 0.4) is 0 Å². The molecular weight excluding hydrogens is 412 g/mol.